The molecule has 0 radical (unpaired) electrons. The molecule has 1 heterocycles. The van der Waals surface area contributed by atoms with E-state index in [1.165, 1.54) is 16.9 Å². The standard InChI is InChI=1S/C45H51NO5S/c1-30-9-8-21-44(2)40(20-22-45(44,51)29-46(27-36(49)28-47)26-34-13-7-12-32-10-3-5-14-37(32)34)38-19-17-31(23-35(48)18-16-30)24-39(38)43(50)42-25-33-11-4-6-15-41(33)52-42/h3-7,9-15,17,19,24-25,35-36,40,47-49,51H,8,16,18,20-23,26-29H2,1-2H3. The molecule has 4 N–H and O–H groups in total. The summed E-state index contributed by atoms with van der Waals surface area (Å²) in [7, 11) is 0. The number of nitrogens with zero attached hydrogens (tertiary/aromatic N) is 1. The van der Waals surface area contributed by atoms with Crippen molar-refractivity contribution in [3.8, 4) is 0 Å². The fourth-order valence-corrected chi connectivity index (χ4v) is 10.0. The summed E-state index contributed by atoms with van der Waals surface area (Å²) in [6.07, 6.45) is 5.41. The van der Waals surface area contributed by atoms with Gasteiger partial charge in [0.05, 0.1) is 29.3 Å². The summed E-state index contributed by atoms with van der Waals surface area (Å²) >= 11 is 1.51. The smallest absolute Gasteiger partial charge is 0.203 e. The van der Waals surface area contributed by atoms with E-state index in [4.69, 9.17) is 0 Å². The molecule has 0 aliphatic heterocycles. The predicted molar refractivity (Wildman–Crippen MR) is 211 cm³/mol. The molecule has 0 saturated heterocycles. The van der Waals surface area contributed by atoms with Gasteiger partial charge in [0.25, 0.3) is 0 Å². The van der Waals surface area contributed by atoms with E-state index in [-0.39, 0.29) is 24.9 Å². The van der Waals surface area contributed by atoms with E-state index in [0.717, 1.165) is 50.4 Å². The number of carbonyl (C=O) groups is 1. The number of carbonyl (C=O) groups excluding carboxylic acids is 1. The van der Waals surface area contributed by atoms with E-state index in [1.807, 2.05) is 54.6 Å². The van der Waals surface area contributed by atoms with Gasteiger partial charge in [0.15, 0.2) is 0 Å². The Labute approximate surface area is 311 Å². The lowest BCUT2D eigenvalue weighted by Gasteiger charge is -2.46. The Morgan fingerprint density at radius 2 is 1.73 bits per heavy atom. The minimum absolute atomic E-state index is 0.0168. The fraction of sp³-hybridized carbons (Fsp3) is 0.400. The zero-order valence-electron chi connectivity index (χ0n) is 30.3. The van der Waals surface area contributed by atoms with E-state index in [1.54, 1.807) is 0 Å². The van der Waals surface area contributed by atoms with E-state index in [9.17, 15) is 25.2 Å². The maximum absolute atomic E-state index is 14.6. The van der Waals surface area contributed by atoms with Crippen LogP contribution in [0.2, 0.25) is 0 Å². The van der Waals surface area contributed by atoms with Gasteiger partial charge in [-0.05, 0) is 109 Å². The first-order chi connectivity index (χ1) is 25.1. The third-order valence-corrected chi connectivity index (χ3v) is 13.1. The number of hydrogen-bond donors (Lipinski definition) is 4. The second-order valence-electron chi connectivity index (χ2n) is 15.6. The van der Waals surface area contributed by atoms with Crippen LogP contribution in [0.25, 0.3) is 20.9 Å². The molecule has 0 spiro atoms. The molecule has 1 saturated carbocycles. The third kappa shape index (κ3) is 7.41. The molecule has 272 valence electrons. The van der Waals surface area contributed by atoms with Gasteiger partial charge in [-0.1, -0.05) is 91.4 Å². The number of fused-ring (bicyclic) bond motifs is 10. The van der Waals surface area contributed by atoms with Gasteiger partial charge in [-0.3, -0.25) is 9.69 Å². The van der Waals surface area contributed by atoms with Crippen LogP contribution in [-0.4, -0.2) is 68.6 Å². The molecule has 5 aromatic rings. The highest BCUT2D eigenvalue weighted by atomic mass is 32.1. The Morgan fingerprint density at radius 1 is 0.962 bits per heavy atom. The molecule has 3 aliphatic carbocycles. The van der Waals surface area contributed by atoms with Crippen molar-refractivity contribution in [1.29, 1.82) is 0 Å². The molecule has 3 aliphatic rings. The summed E-state index contributed by atoms with van der Waals surface area (Å²) in [6.45, 7) is 4.99. The summed E-state index contributed by atoms with van der Waals surface area (Å²) in [5.41, 5.74) is 3.11. The summed E-state index contributed by atoms with van der Waals surface area (Å²) in [5.74, 6) is -0.125. The topological polar surface area (TPSA) is 101 Å². The van der Waals surface area contributed by atoms with Crippen LogP contribution in [0, 0.1) is 5.41 Å². The van der Waals surface area contributed by atoms with E-state index in [2.05, 4.69) is 61.2 Å². The predicted octanol–water partition coefficient (Wildman–Crippen LogP) is 8.18. The second-order valence-corrected chi connectivity index (χ2v) is 16.7. The largest absolute Gasteiger partial charge is 0.394 e. The molecule has 5 atom stereocenters. The molecule has 4 aromatic carbocycles. The molecule has 7 heteroatoms. The number of ketones is 1. The number of hydrogen-bond acceptors (Lipinski definition) is 7. The van der Waals surface area contributed by atoms with Crippen LogP contribution in [0.4, 0.5) is 0 Å². The minimum atomic E-state index is -1.15. The molecule has 2 bridgehead atoms. The van der Waals surface area contributed by atoms with E-state index >= 15 is 0 Å². The quantitative estimate of drug-likeness (QED) is 0.0907. The average molecular weight is 718 g/mol. The molecule has 0 amide bonds. The maximum atomic E-state index is 14.6. The van der Waals surface area contributed by atoms with Crippen molar-refractivity contribution in [2.75, 3.05) is 19.7 Å². The van der Waals surface area contributed by atoms with Gasteiger partial charge in [-0.15, -0.1) is 11.3 Å². The summed E-state index contributed by atoms with van der Waals surface area (Å²) in [4.78, 5) is 17.4. The second kappa shape index (κ2) is 15.3. The van der Waals surface area contributed by atoms with Gasteiger partial charge in [0.1, 0.15) is 0 Å². The van der Waals surface area contributed by atoms with Crippen LogP contribution in [-0.2, 0) is 13.0 Å². The van der Waals surface area contributed by atoms with Gasteiger partial charge >= 0.3 is 0 Å². The molecule has 5 unspecified atom stereocenters. The first kappa shape index (κ1) is 36.7. The average Bonchev–Trinajstić information content (AvgIpc) is 3.68. The van der Waals surface area contributed by atoms with Crippen molar-refractivity contribution in [1.82, 2.24) is 4.90 Å². The normalized spacial score (nSPS) is 24.6. The monoisotopic (exact) mass is 717 g/mol. The SMILES string of the molecule is CC1=CCCC2(C)C(CCC2(O)CN(Cc2cccc3ccccc23)CC(O)CO)c2ccc(cc2C(=O)c2cc3ccccc3s2)CC(O)CC1. The highest BCUT2D eigenvalue weighted by Crippen LogP contribution is 2.59. The lowest BCUT2D eigenvalue weighted by Crippen LogP contribution is -2.53. The Balaban J connectivity index is 1.30. The van der Waals surface area contributed by atoms with Crippen molar-refractivity contribution < 1.29 is 25.2 Å². The number of benzene rings is 4. The van der Waals surface area contributed by atoms with Crippen LogP contribution in [0.3, 0.4) is 0 Å². The van der Waals surface area contributed by atoms with Crippen LogP contribution < -0.4 is 0 Å². The zero-order chi connectivity index (χ0) is 36.5. The van der Waals surface area contributed by atoms with Crippen LogP contribution in [0.15, 0.2) is 103 Å². The third-order valence-electron chi connectivity index (χ3n) is 12.0. The first-order valence-electron chi connectivity index (χ1n) is 18.8. The Bertz CT molecular complexity index is 2050. The van der Waals surface area contributed by atoms with E-state index < -0.39 is 23.2 Å². The van der Waals surface area contributed by atoms with Crippen molar-refractivity contribution in [3.05, 3.63) is 130 Å². The molecule has 6 nitrogen and oxygen atoms in total. The number of aliphatic hydroxyl groups excluding tert-OH is 3. The fourth-order valence-electron chi connectivity index (χ4n) is 9.01. The molecule has 8 rings (SSSR count). The van der Waals surface area contributed by atoms with Crippen LogP contribution in [0.1, 0.15) is 90.2 Å². The number of thiophene rings is 1. The minimum Gasteiger partial charge on any atom is -0.394 e. The molecule has 1 aromatic heterocycles. The molecular weight excluding hydrogens is 667 g/mol. The van der Waals surface area contributed by atoms with Crippen LogP contribution >= 0.6 is 11.3 Å². The highest BCUT2D eigenvalue weighted by Gasteiger charge is 2.57. The van der Waals surface area contributed by atoms with Gasteiger partial charge < -0.3 is 20.4 Å². The van der Waals surface area contributed by atoms with Gasteiger partial charge in [-0.2, -0.15) is 0 Å². The number of rotatable bonds is 9. The Hall–Kier alpha value is -3.69. The van der Waals surface area contributed by atoms with Crippen molar-refractivity contribution in [2.45, 2.75) is 89.1 Å². The van der Waals surface area contributed by atoms with Crippen molar-refractivity contribution in [2.24, 2.45) is 5.41 Å². The Morgan fingerprint density at radius 3 is 2.54 bits per heavy atom. The zero-order valence-corrected chi connectivity index (χ0v) is 31.1. The lowest BCUT2D eigenvalue weighted by atomic mass is 9.64. The van der Waals surface area contributed by atoms with Gasteiger partial charge in [-0.25, -0.2) is 0 Å². The van der Waals surface area contributed by atoms with E-state index in [0.29, 0.717) is 55.6 Å². The number of aliphatic hydroxyl groups is 4. The Kier molecular flexibility index (Phi) is 10.8. The lowest BCUT2D eigenvalue weighted by molar-refractivity contribution is -0.0907. The summed E-state index contributed by atoms with van der Waals surface area (Å²) in [5, 5.41) is 48.1. The van der Waals surface area contributed by atoms with Gasteiger partial charge in [0, 0.05) is 35.3 Å². The molecule has 52 heavy (non-hydrogen) atoms. The summed E-state index contributed by atoms with van der Waals surface area (Å²) < 4.78 is 1.07. The van der Waals surface area contributed by atoms with Gasteiger partial charge in [0.2, 0.25) is 5.78 Å². The van der Waals surface area contributed by atoms with Crippen molar-refractivity contribution in [3.63, 3.8) is 0 Å². The number of allylic oxidation sites excluding steroid dienone is 2. The highest BCUT2D eigenvalue weighted by molar-refractivity contribution is 7.21. The summed E-state index contributed by atoms with van der Waals surface area (Å²) in [6, 6.07) is 30.7. The molecular formula is C45H51NO5S. The van der Waals surface area contributed by atoms with Crippen molar-refractivity contribution >= 4 is 38.0 Å². The van der Waals surface area contributed by atoms with Crippen LogP contribution in [0.5, 0.6) is 0 Å². The first-order valence-corrected chi connectivity index (χ1v) is 19.6. The maximum Gasteiger partial charge on any atom is 0.203 e. The molecule has 1 fully saturated rings.